The van der Waals surface area contributed by atoms with Gasteiger partial charge in [-0.25, -0.2) is 0 Å². The van der Waals surface area contributed by atoms with Gasteiger partial charge in [0.25, 0.3) is 0 Å². The average Bonchev–Trinajstić information content (AvgIpc) is 2.13. The molecule has 0 heterocycles. The van der Waals surface area contributed by atoms with Gasteiger partial charge in [0.05, 0.1) is 6.61 Å². The van der Waals surface area contributed by atoms with E-state index in [4.69, 9.17) is 31.3 Å². The van der Waals surface area contributed by atoms with Crippen LogP contribution in [-0.4, -0.2) is 62.5 Å². The number of carbonyl (C=O) groups is 1. The summed E-state index contributed by atoms with van der Waals surface area (Å²) in [6.45, 7) is -0.907. The molecule has 0 saturated heterocycles. The molecule has 0 fully saturated rings. The van der Waals surface area contributed by atoms with E-state index in [1.54, 1.807) is 0 Å². The Morgan fingerprint density at radius 2 is 1.85 bits per heavy atom. The number of rotatable bonds is 5. The lowest BCUT2D eigenvalue weighted by Gasteiger charge is -2.33. The van der Waals surface area contributed by atoms with Crippen LogP contribution < -0.4 is 5.73 Å². The Morgan fingerprint density at radius 1 is 1.38 bits per heavy atom. The van der Waals surface area contributed by atoms with Crippen LogP contribution >= 0.6 is 0 Å². The van der Waals surface area contributed by atoms with Gasteiger partial charge in [-0.2, -0.15) is 0 Å². The Balaban J connectivity index is 4.51. The molecule has 78 valence electrons. The minimum absolute atomic E-state index is 0.0490. The summed E-state index contributed by atoms with van der Waals surface area (Å²) in [5.74, 6) is 0. The third-order valence-corrected chi connectivity index (χ3v) is 1.64. The zero-order valence-electron chi connectivity index (χ0n) is 6.74. The Hall–Kier alpha value is -0.570. The molecule has 7 heteroatoms. The predicted molar refractivity (Wildman–Crippen MR) is 40.3 cm³/mol. The van der Waals surface area contributed by atoms with Crippen LogP contribution in [0.2, 0.25) is 0 Å². The second kappa shape index (κ2) is 4.61. The lowest BCUT2D eigenvalue weighted by atomic mass is 9.97. The normalized spacial score (nSPS) is 22.9. The van der Waals surface area contributed by atoms with Crippen LogP contribution in [0.5, 0.6) is 0 Å². The molecule has 0 aliphatic rings. The predicted octanol–water partition coefficient (Wildman–Crippen LogP) is -4.09. The molecule has 0 aliphatic carbocycles. The zero-order valence-corrected chi connectivity index (χ0v) is 6.74. The first-order valence-corrected chi connectivity index (χ1v) is 3.49. The number of carbonyl (C=O) groups excluding carboxylic acids is 1. The molecule has 4 atom stereocenters. The summed E-state index contributed by atoms with van der Waals surface area (Å²) in [6.07, 6.45) is -5.88. The molecule has 0 rings (SSSR count). The van der Waals surface area contributed by atoms with Crippen LogP contribution in [0.3, 0.4) is 0 Å². The SMILES string of the molecule is N[C@](O)([C@H](O)CO)[C@H](O)[C@@H](O)C=O. The van der Waals surface area contributed by atoms with E-state index in [1.807, 2.05) is 0 Å². The van der Waals surface area contributed by atoms with Crippen LogP contribution in [0, 0.1) is 0 Å². The average molecular weight is 195 g/mol. The lowest BCUT2D eigenvalue weighted by molar-refractivity contribution is -0.181. The molecule has 13 heavy (non-hydrogen) atoms. The van der Waals surface area contributed by atoms with Crippen molar-refractivity contribution >= 4 is 6.29 Å². The Morgan fingerprint density at radius 3 is 2.15 bits per heavy atom. The molecule has 0 spiro atoms. The van der Waals surface area contributed by atoms with Gasteiger partial charge in [0.2, 0.25) is 0 Å². The minimum Gasteiger partial charge on any atom is -0.394 e. The van der Waals surface area contributed by atoms with Crippen LogP contribution in [0.4, 0.5) is 0 Å². The Bertz CT molecular complexity index is 173. The molecule has 0 aromatic rings. The van der Waals surface area contributed by atoms with Crippen molar-refractivity contribution < 1.29 is 30.3 Å². The quantitative estimate of drug-likeness (QED) is 0.193. The van der Waals surface area contributed by atoms with Gasteiger partial charge in [-0.15, -0.1) is 0 Å². The fourth-order valence-electron chi connectivity index (χ4n) is 0.691. The first kappa shape index (κ1) is 12.4. The molecular formula is C6H13NO6. The second-order valence-electron chi connectivity index (χ2n) is 2.66. The smallest absolute Gasteiger partial charge is 0.171 e. The molecular weight excluding hydrogens is 182 g/mol. The zero-order chi connectivity index (χ0) is 10.6. The number of hydrogen-bond donors (Lipinski definition) is 6. The molecule has 0 radical (unpaired) electrons. The Kier molecular flexibility index (Phi) is 4.40. The fraction of sp³-hybridized carbons (Fsp3) is 0.833. The van der Waals surface area contributed by atoms with Crippen molar-refractivity contribution in [2.75, 3.05) is 6.61 Å². The number of nitrogens with two attached hydrogens (primary N) is 1. The van der Waals surface area contributed by atoms with Crippen LogP contribution in [0.25, 0.3) is 0 Å². The molecule has 0 aliphatic heterocycles. The highest BCUT2D eigenvalue weighted by Gasteiger charge is 2.42. The van der Waals surface area contributed by atoms with Crippen molar-refractivity contribution in [1.29, 1.82) is 0 Å². The van der Waals surface area contributed by atoms with E-state index in [0.29, 0.717) is 0 Å². The Labute approximate surface area is 74.0 Å². The molecule has 7 nitrogen and oxygen atoms in total. The van der Waals surface area contributed by atoms with E-state index >= 15 is 0 Å². The van der Waals surface area contributed by atoms with Gasteiger partial charge >= 0.3 is 0 Å². The van der Waals surface area contributed by atoms with Crippen LogP contribution in [-0.2, 0) is 4.79 Å². The van der Waals surface area contributed by atoms with Crippen molar-refractivity contribution in [2.24, 2.45) is 5.73 Å². The minimum atomic E-state index is -2.63. The van der Waals surface area contributed by atoms with Crippen molar-refractivity contribution in [3.05, 3.63) is 0 Å². The highest BCUT2D eigenvalue weighted by atomic mass is 16.4. The maximum Gasteiger partial charge on any atom is 0.171 e. The van der Waals surface area contributed by atoms with E-state index in [9.17, 15) is 4.79 Å². The van der Waals surface area contributed by atoms with Crippen LogP contribution in [0.15, 0.2) is 0 Å². The van der Waals surface area contributed by atoms with Gasteiger partial charge in [0.1, 0.15) is 18.3 Å². The number of hydrogen-bond acceptors (Lipinski definition) is 7. The van der Waals surface area contributed by atoms with Crippen molar-refractivity contribution in [2.45, 2.75) is 24.0 Å². The van der Waals surface area contributed by atoms with Crippen LogP contribution in [0.1, 0.15) is 0 Å². The monoisotopic (exact) mass is 195 g/mol. The second-order valence-corrected chi connectivity index (χ2v) is 2.66. The summed E-state index contributed by atoms with van der Waals surface area (Å²) in [5, 5.41) is 44.2. The van der Waals surface area contributed by atoms with Crippen molar-refractivity contribution in [3.63, 3.8) is 0 Å². The summed E-state index contributed by atoms with van der Waals surface area (Å²) < 4.78 is 0. The third kappa shape index (κ3) is 2.69. The van der Waals surface area contributed by atoms with Gasteiger partial charge in [0.15, 0.2) is 12.0 Å². The first-order valence-electron chi connectivity index (χ1n) is 3.49. The van der Waals surface area contributed by atoms with Gasteiger partial charge in [-0.3, -0.25) is 5.73 Å². The van der Waals surface area contributed by atoms with E-state index in [1.165, 1.54) is 0 Å². The fourth-order valence-corrected chi connectivity index (χ4v) is 0.691. The van der Waals surface area contributed by atoms with Crippen molar-refractivity contribution in [3.8, 4) is 0 Å². The molecule has 0 aromatic heterocycles. The summed E-state index contributed by atoms with van der Waals surface area (Å²) in [4.78, 5) is 9.98. The molecule has 0 saturated carbocycles. The largest absolute Gasteiger partial charge is 0.394 e. The standard InChI is InChI=1S/C6H13NO6/c7-6(13,4(11)2-9)5(12)3(10)1-8/h1,3-5,9-13H,2,7H2/t3-,4+,5+,6-/m0/s1. The van der Waals surface area contributed by atoms with Gasteiger partial charge in [-0.1, -0.05) is 0 Å². The molecule has 0 amide bonds. The summed E-state index contributed by atoms with van der Waals surface area (Å²) in [5.41, 5.74) is 2.34. The third-order valence-electron chi connectivity index (χ3n) is 1.64. The highest BCUT2D eigenvalue weighted by molar-refractivity contribution is 5.57. The molecule has 0 bridgehead atoms. The van der Waals surface area contributed by atoms with E-state index < -0.39 is 30.6 Å². The summed E-state index contributed by atoms with van der Waals surface area (Å²) in [7, 11) is 0. The molecule has 7 N–H and O–H groups in total. The molecule has 0 unspecified atom stereocenters. The topological polar surface area (TPSA) is 144 Å². The lowest BCUT2D eigenvalue weighted by Crippen LogP contribution is -2.64. The highest BCUT2D eigenvalue weighted by Crippen LogP contribution is 2.11. The van der Waals surface area contributed by atoms with E-state index in [-0.39, 0.29) is 6.29 Å². The summed E-state index contributed by atoms with van der Waals surface area (Å²) >= 11 is 0. The van der Waals surface area contributed by atoms with Gasteiger partial charge in [0, 0.05) is 0 Å². The maximum absolute atomic E-state index is 9.98. The number of aliphatic hydroxyl groups excluding tert-OH is 4. The van der Waals surface area contributed by atoms with Gasteiger partial charge in [-0.05, 0) is 0 Å². The number of aliphatic hydroxyl groups is 5. The van der Waals surface area contributed by atoms with Crippen molar-refractivity contribution in [1.82, 2.24) is 0 Å². The summed E-state index contributed by atoms with van der Waals surface area (Å²) in [6, 6.07) is 0. The van der Waals surface area contributed by atoms with E-state index in [0.717, 1.165) is 0 Å². The maximum atomic E-state index is 9.98. The van der Waals surface area contributed by atoms with E-state index in [2.05, 4.69) is 0 Å². The molecule has 0 aromatic carbocycles. The van der Waals surface area contributed by atoms with Gasteiger partial charge < -0.3 is 30.3 Å². The number of aldehydes is 1. The first-order chi connectivity index (χ1) is 5.87.